The number of nitrogens with zero attached hydrogens (tertiary/aromatic N) is 1. The van der Waals surface area contributed by atoms with Crippen molar-refractivity contribution in [3.8, 4) is 0 Å². The van der Waals surface area contributed by atoms with Crippen molar-refractivity contribution in [3.05, 3.63) is 82.1 Å². The molecule has 0 saturated carbocycles. The number of carbonyl (C=O) groups is 2. The van der Waals surface area contributed by atoms with Gasteiger partial charge >= 0.3 is 5.97 Å². The maximum atomic E-state index is 14.4. The zero-order chi connectivity index (χ0) is 20.4. The highest BCUT2D eigenvalue weighted by molar-refractivity contribution is 5.95. The average Bonchev–Trinajstić information content (AvgIpc) is 2.65. The van der Waals surface area contributed by atoms with Crippen molar-refractivity contribution in [2.45, 2.75) is 32.7 Å². The van der Waals surface area contributed by atoms with Crippen molar-refractivity contribution in [3.63, 3.8) is 0 Å². The van der Waals surface area contributed by atoms with Crippen LogP contribution in [0.3, 0.4) is 0 Å². The van der Waals surface area contributed by atoms with Crippen molar-refractivity contribution in [1.82, 2.24) is 4.90 Å². The third kappa shape index (κ3) is 3.81. The van der Waals surface area contributed by atoms with E-state index in [1.165, 1.54) is 18.1 Å². The highest BCUT2D eigenvalue weighted by Crippen LogP contribution is 2.38. The number of amides is 1. The summed E-state index contributed by atoms with van der Waals surface area (Å²) in [5.74, 6) is -3.20. The zero-order valence-electron chi connectivity index (χ0n) is 16.0. The highest BCUT2D eigenvalue weighted by Gasteiger charge is 2.37. The van der Waals surface area contributed by atoms with Crippen LogP contribution in [-0.2, 0) is 20.9 Å². The largest absolute Gasteiger partial charge is 0.466 e. The van der Waals surface area contributed by atoms with E-state index < -0.39 is 23.5 Å². The Hall–Kier alpha value is -3.02. The molecule has 2 aromatic carbocycles. The lowest BCUT2D eigenvalue weighted by molar-refractivity contribution is -0.138. The first-order valence-corrected chi connectivity index (χ1v) is 8.91. The second-order valence-corrected chi connectivity index (χ2v) is 6.88. The Bertz CT molecular complexity index is 951. The molecule has 28 heavy (non-hydrogen) atoms. The summed E-state index contributed by atoms with van der Waals surface area (Å²) in [5.41, 5.74) is 2.73. The molecule has 0 fully saturated rings. The number of halogens is 2. The number of methoxy groups -OCH3 is 1. The zero-order valence-corrected chi connectivity index (χ0v) is 16.0. The van der Waals surface area contributed by atoms with Crippen LogP contribution >= 0.6 is 0 Å². The molecule has 4 nitrogen and oxygen atoms in total. The molecular weight excluding hydrogens is 364 g/mol. The van der Waals surface area contributed by atoms with E-state index in [9.17, 15) is 18.4 Å². The summed E-state index contributed by atoms with van der Waals surface area (Å²) in [7, 11) is 1.24. The SMILES string of the molecule is COC(=O)C1=C(C)N(Cc2ccc(C)cc2)C(=O)C[C@H]1c1ccc(F)cc1F. The molecule has 0 unspecified atom stereocenters. The molecular formula is C22H21F2NO3. The maximum absolute atomic E-state index is 14.4. The van der Waals surface area contributed by atoms with Gasteiger partial charge in [-0.3, -0.25) is 4.79 Å². The normalized spacial score (nSPS) is 17.1. The number of hydrogen-bond acceptors (Lipinski definition) is 3. The third-order valence-corrected chi connectivity index (χ3v) is 5.03. The van der Waals surface area contributed by atoms with Crippen LogP contribution in [0.25, 0.3) is 0 Å². The molecule has 0 radical (unpaired) electrons. The molecule has 0 N–H and O–H groups in total. The molecule has 0 bridgehead atoms. The van der Waals surface area contributed by atoms with Crippen molar-refractivity contribution >= 4 is 11.9 Å². The fraction of sp³-hybridized carbons (Fsp3) is 0.273. The quantitative estimate of drug-likeness (QED) is 0.740. The summed E-state index contributed by atoms with van der Waals surface area (Å²) in [6, 6.07) is 10.9. The van der Waals surface area contributed by atoms with Gasteiger partial charge in [-0.05, 0) is 31.0 Å². The van der Waals surface area contributed by atoms with E-state index in [1.54, 1.807) is 6.92 Å². The van der Waals surface area contributed by atoms with Crippen LogP contribution in [0.1, 0.15) is 36.0 Å². The minimum Gasteiger partial charge on any atom is -0.466 e. The molecule has 0 aromatic heterocycles. The van der Waals surface area contributed by atoms with Crippen molar-refractivity contribution in [2.24, 2.45) is 0 Å². The molecule has 1 heterocycles. The van der Waals surface area contributed by atoms with Gasteiger partial charge in [-0.1, -0.05) is 35.9 Å². The number of aryl methyl sites for hydroxylation is 1. The predicted molar refractivity (Wildman–Crippen MR) is 100 cm³/mol. The standard InChI is InChI=1S/C22H21F2NO3/c1-13-4-6-15(7-5-13)12-25-14(2)21(22(27)28-3)18(11-20(25)26)17-9-8-16(23)10-19(17)24/h4-10,18H,11-12H2,1-3H3/t18-/m0/s1. The lowest BCUT2D eigenvalue weighted by Crippen LogP contribution is -2.38. The molecule has 0 spiro atoms. The van der Waals surface area contributed by atoms with Crippen LogP contribution in [0.5, 0.6) is 0 Å². The predicted octanol–water partition coefficient (Wildman–Crippen LogP) is 4.24. The fourth-order valence-electron chi connectivity index (χ4n) is 3.50. The van der Waals surface area contributed by atoms with E-state index in [0.29, 0.717) is 12.2 Å². The van der Waals surface area contributed by atoms with Crippen LogP contribution in [-0.4, -0.2) is 23.9 Å². The average molecular weight is 385 g/mol. The van der Waals surface area contributed by atoms with Gasteiger partial charge in [-0.15, -0.1) is 0 Å². The van der Waals surface area contributed by atoms with Gasteiger partial charge in [-0.2, -0.15) is 0 Å². The Morgan fingerprint density at radius 1 is 1.14 bits per heavy atom. The van der Waals surface area contributed by atoms with Crippen LogP contribution in [0.4, 0.5) is 8.78 Å². The van der Waals surface area contributed by atoms with Gasteiger partial charge in [0.2, 0.25) is 5.91 Å². The molecule has 0 aliphatic carbocycles. The summed E-state index contributed by atoms with van der Waals surface area (Å²) >= 11 is 0. The van der Waals surface area contributed by atoms with Gasteiger partial charge in [-0.25, -0.2) is 13.6 Å². The molecule has 2 aromatic rings. The number of benzene rings is 2. The molecule has 3 rings (SSSR count). The number of esters is 1. The third-order valence-electron chi connectivity index (χ3n) is 5.03. The Balaban J connectivity index is 2.04. The van der Waals surface area contributed by atoms with Crippen LogP contribution in [0.15, 0.2) is 53.7 Å². The van der Waals surface area contributed by atoms with Crippen LogP contribution in [0, 0.1) is 18.6 Å². The van der Waals surface area contributed by atoms with E-state index in [2.05, 4.69) is 0 Å². The topological polar surface area (TPSA) is 46.6 Å². The van der Waals surface area contributed by atoms with Gasteiger partial charge in [0.1, 0.15) is 11.6 Å². The number of rotatable bonds is 4. The lowest BCUT2D eigenvalue weighted by Gasteiger charge is -2.34. The van der Waals surface area contributed by atoms with Gasteiger partial charge in [0.25, 0.3) is 0 Å². The number of ether oxygens (including phenoxy) is 1. The molecule has 1 aliphatic rings. The summed E-state index contributed by atoms with van der Waals surface area (Å²) in [4.78, 5) is 26.8. The first kappa shape index (κ1) is 19.7. The smallest absolute Gasteiger partial charge is 0.336 e. The first-order valence-electron chi connectivity index (χ1n) is 8.91. The summed E-state index contributed by atoms with van der Waals surface area (Å²) < 4.78 is 32.6. The van der Waals surface area contributed by atoms with Gasteiger partial charge in [0.15, 0.2) is 0 Å². The summed E-state index contributed by atoms with van der Waals surface area (Å²) in [5, 5.41) is 0. The molecule has 0 saturated heterocycles. The van der Waals surface area contributed by atoms with E-state index in [4.69, 9.17) is 4.74 Å². The molecule has 6 heteroatoms. The Morgan fingerprint density at radius 2 is 1.82 bits per heavy atom. The van der Waals surface area contributed by atoms with Crippen molar-refractivity contribution in [1.29, 1.82) is 0 Å². The van der Waals surface area contributed by atoms with Crippen molar-refractivity contribution < 1.29 is 23.1 Å². The fourth-order valence-corrected chi connectivity index (χ4v) is 3.50. The monoisotopic (exact) mass is 385 g/mol. The molecule has 1 atom stereocenters. The second kappa shape index (κ2) is 7.92. The van der Waals surface area contributed by atoms with E-state index >= 15 is 0 Å². The Morgan fingerprint density at radius 3 is 2.43 bits per heavy atom. The van der Waals surface area contributed by atoms with E-state index in [1.807, 2.05) is 31.2 Å². The van der Waals surface area contributed by atoms with Gasteiger partial charge < -0.3 is 9.64 Å². The minimum atomic E-state index is -0.824. The van der Waals surface area contributed by atoms with Crippen LogP contribution < -0.4 is 0 Å². The minimum absolute atomic E-state index is 0.101. The Kier molecular flexibility index (Phi) is 5.58. The lowest BCUT2D eigenvalue weighted by atomic mass is 9.83. The van der Waals surface area contributed by atoms with Crippen molar-refractivity contribution in [2.75, 3.05) is 7.11 Å². The maximum Gasteiger partial charge on any atom is 0.336 e. The van der Waals surface area contributed by atoms with E-state index in [0.717, 1.165) is 23.3 Å². The molecule has 1 amide bonds. The first-order chi connectivity index (χ1) is 13.3. The van der Waals surface area contributed by atoms with Gasteiger partial charge in [0, 0.05) is 24.1 Å². The van der Waals surface area contributed by atoms with E-state index in [-0.39, 0.29) is 23.5 Å². The van der Waals surface area contributed by atoms with Gasteiger partial charge in [0.05, 0.1) is 19.2 Å². The summed E-state index contributed by atoms with van der Waals surface area (Å²) in [6.45, 7) is 3.91. The number of carbonyl (C=O) groups excluding carboxylic acids is 2. The number of allylic oxidation sites excluding steroid dienone is 1. The molecule has 146 valence electrons. The van der Waals surface area contributed by atoms with Crippen LogP contribution in [0.2, 0.25) is 0 Å². The molecule has 1 aliphatic heterocycles. The second-order valence-electron chi connectivity index (χ2n) is 6.88. The highest BCUT2D eigenvalue weighted by atomic mass is 19.1. The summed E-state index contributed by atoms with van der Waals surface area (Å²) in [6.07, 6.45) is -0.101. The number of hydrogen-bond donors (Lipinski definition) is 0. The Labute approximate surface area is 162 Å².